The average Bonchev–Trinajstić information content (AvgIpc) is 2.74. The molecule has 0 spiro atoms. The van der Waals surface area contributed by atoms with Crippen LogP contribution in [0.5, 0.6) is 0 Å². The number of amides is 1. The predicted octanol–water partition coefficient (Wildman–Crippen LogP) is 2.92. The Labute approximate surface area is 163 Å². The number of hydrogen-bond donors (Lipinski definition) is 2. The van der Waals surface area contributed by atoms with Crippen molar-refractivity contribution in [1.29, 1.82) is 0 Å². The van der Waals surface area contributed by atoms with Crippen LogP contribution in [0.15, 0.2) is 18.2 Å². The van der Waals surface area contributed by atoms with E-state index < -0.39 is 0 Å². The molecule has 1 saturated heterocycles. The van der Waals surface area contributed by atoms with Gasteiger partial charge in [0.2, 0.25) is 5.91 Å². The summed E-state index contributed by atoms with van der Waals surface area (Å²) in [6, 6.07) is 6.34. The minimum absolute atomic E-state index is 0.0852. The number of benzene rings is 1. The Kier molecular flexibility index (Phi) is 7.01. The lowest BCUT2D eigenvalue weighted by atomic mass is 10.1. The second-order valence-electron chi connectivity index (χ2n) is 8.16. The Balaban J connectivity index is 1.88. The summed E-state index contributed by atoms with van der Waals surface area (Å²) in [4.78, 5) is 16.6. The molecule has 0 saturated carbocycles. The lowest BCUT2D eigenvalue weighted by Crippen LogP contribution is -2.46. The molecule has 1 heterocycles. The second kappa shape index (κ2) is 8.82. The number of hydrogen-bond acceptors (Lipinski definition) is 3. The second-order valence-corrected chi connectivity index (χ2v) is 8.55. The van der Waals surface area contributed by atoms with E-state index in [4.69, 9.17) is 12.2 Å². The summed E-state index contributed by atoms with van der Waals surface area (Å²) in [7, 11) is 0. The Bertz CT molecular complexity index is 654. The van der Waals surface area contributed by atoms with Crippen LogP contribution < -0.4 is 10.6 Å². The number of carbonyl (C=O) groups excluding carboxylic acids is 1. The monoisotopic (exact) mass is 376 g/mol. The maximum Gasteiger partial charge on any atom is 0.234 e. The zero-order chi connectivity index (χ0) is 19.3. The minimum Gasteiger partial charge on any atom is -0.350 e. The van der Waals surface area contributed by atoms with E-state index in [-0.39, 0.29) is 11.4 Å². The fraction of sp³-hybridized carbons (Fsp3) is 0.600. The largest absolute Gasteiger partial charge is 0.350 e. The van der Waals surface area contributed by atoms with Gasteiger partial charge >= 0.3 is 0 Å². The summed E-state index contributed by atoms with van der Waals surface area (Å²) >= 11 is 5.63. The Hall–Kier alpha value is -1.66. The molecule has 0 aromatic heterocycles. The first-order valence-electron chi connectivity index (χ1n) is 9.30. The molecule has 5 nitrogen and oxygen atoms in total. The molecule has 1 fully saturated rings. The third-order valence-corrected chi connectivity index (χ3v) is 4.75. The molecular formula is C20H32N4OS. The summed E-state index contributed by atoms with van der Waals surface area (Å²) in [5.74, 6) is 0.0852. The maximum absolute atomic E-state index is 12.2. The van der Waals surface area contributed by atoms with Gasteiger partial charge < -0.3 is 15.5 Å². The first-order valence-corrected chi connectivity index (χ1v) is 9.71. The van der Waals surface area contributed by atoms with Crippen molar-refractivity contribution in [2.75, 3.05) is 38.0 Å². The van der Waals surface area contributed by atoms with Crippen molar-refractivity contribution in [2.45, 2.75) is 46.6 Å². The summed E-state index contributed by atoms with van der Waals surface area (Å²) in [5, 5.41) is 7.19. The number of nitrogens with zero attached hydrogens (tertiary/aromatic N) is 2. The quantitative estimate of drug-likeness (QED) is 0.795. The minimum atomic E-state index is -0.188. The van der Waals surface area contributed by atoms with Gasteiger partial charge in [-0.2, -0.15) is 0 Å². The van der Waals surface area contributed by atoms with Crippen molar-refractivity contribution >= 4 is 28.9 Å². The molecule has 0 aliphatic carbocycles. The van der Waals surface area contributed by atoms with Crippen LogP contribution in [0.3, 0.4) is 0 Å². The van der Waals surface area contributed by atoms with Crippen LogP contribution in [0.1, 0.15) is 38.3 Å². The summed E-state index contributed by atoms with van der Waals surface area (Å²) < 4.78 is 0. The molecule has 0 radical (unpaired) electrons. The van der Waals surface area contributed by atoms with Gasteiger partial charge in [-0.15, -0.1) is 0 Å². The van der Waals surface area contributed by atoms with Crippen molar-refractivity contribution in [2.24, 2.45) is 0 Å². The van der Waals surface area contributed by atoms with Crippen LogP contribution in [-0.2, 0) is 4.79 Å². The van der Waals surface area contributed by atoms with E-state index in [0.717, 1.165) is 43.4 Å². The molecule has 144 valence electrons. The van der Waals surface area contributed by atoms with Crippen LogP contribution >= 0.6 is 12.2 Å². The molecule has 1 aromatic rings. The molecule has 1 aromatic carbocycles. The van der Waals surface area contributed by atoms with Crippen molar-refractivity contribution in [3.8, 4) is 0 Å². The first-order chi connectivity index (χ1) is 12.1. The molecule has 6 heteroatoms. The molecule has 1 aliphatic rings. The third kappa shape index (κ3) is 6.57. The van der Waals surface area contributed by atoms with Gasteiger partial charge in [0.15, 0.2) is 5.11 Å². The number of rotatable bonds is 3. The number of anilines is 1. The molecule has 0 unspecified atom stereocenters. The summed E-state index contributed by atoms with van der Waals surface area (Å²) in [5.41, 5.74) is 3.29. The van der Waals surface area contributed by atoms with Gasteiger partial charge in [0.1, 0.15) is 0 Å². The number of nitrogens with one attached hydrogen (secondary N) is 2. The molecule has 1 aliphatic heterocycles. The molecule has 2 N–H and O–H groups in total. The van der Waals surface area contributed by atoms with Crippen molar-refractivity contribution in [3.63, 3.8) is 0 Å². The molecule has 0 atom stereocenters. The van der Waals surface area contributed by atoms with Crippen LogP contribution in [-0.4, -0.2) is 59.1 Å². The Morgan fingerprint density at radius 3 is 2.58 bits per heavy atom. The highest BCUT2D eigenvalue weighted by atomic mass is 32.1. The third-order valence-electron chi connectivity index (χ3n) is 4.39. The summed E-state index contributed by atoms with van der Waals surface area (Å²) in [6.07, 6.45) is 0.997. The van der Waals surface area contributed by atoms with Gasteiger partial charge in [0.25, 0.3) is 0 Å². The van der Waals surface area contributed by atoms with E-state index >= 15 is 0 Å². The van der Waals surface area contributed by atoms with E-state index in [1.165, 1.54) is 11.1 Å². The Morgan fingerprint density at radius 1 is 1.15 bits per heavy atom. The van der Waals surface area contributed by atoms with Gasteiger partial charge in [0.05, 0.1) is 6.54 Å². The normalized spacial score (nSPS) is 16.1. The molecule has 26 heavy (non-hydrogen) atoms. The topological polar surface area (TPSA) is 47.6 Å². The maximum atomic E-state index is 12.2. The number of thiocarbonyl (C=S) groups is 1. The zero-order valence-corrected chi connectivity index (χ0v) is 17.5. The van der Waals surface area contributed by atoms with Crippen LogP contribution in [0.4, 0.5) is 5.69 Å². The van der Waals surface area contributed by atoms with Crippen LogP contribution in [0.25, 0.3) is 0 Å². The van der Waals surface area contributed by atoms with Crippen molar-refractivity contribution in [3.05, 3.63) is 29.3 Å². The van der Waals surface area contributed by atoms with E-state index in [9.17, 15) is 4.79 Å². The average molecular weight is 377 g/mol. The highest BCUT2D eigenvalue weighted by molar-refractivity contribution is 7.80. The van der Waals surface area contributed by atoms with Gasteiger partial charge in [-0.3, -0.25) is 9.69 Å². The van der Waals surface area contributed by atoms with Crippen molar-refractivity contribution < 1.29 is 4.79 Å². The van der Waals surface area contributed by atoms with Gasteiger partial charge in [0, 0.05) is 37.4 Å². The standard InChI is InChI=1S/C20H32N4OS/c1-15-7-8-16(2)17(13-15)21-19(26)24-10-6-9-23(11-12-24)14-18(25)22-20(3,4)5/h7-8,13H,6,9-12,14H2,1-5H3,(H,21,26)(H,22,25). The molecule has 1 amide bonds. The first kappa shape index (κ1) is 20.6. The van der Waals surface area contributed by atoms with E-state index in [1.54, 1.807) is 0 Å². The van der Waals surface area contributed by atoms with Gasteiger partial charge in [-0.05, 0) is 70.5 Å². The predicted molar refractivity (Wildman–Crippen MR) is 113 cm³/mol. The van der Waals surface area contributed by atoms with Gasteiger partial charge in [-0.1, -0.05) is 12.1 Å². The van der Waals surface area contributed by atoms with Crippen LogP contribution in [0.2, 0.25) is 0 Å². The van der Waals surface area contributed by atoms with E-state index in [0.29, 0.717) is 6.54 Å². The van der Waals surface area contributed by atoms with Crippen LogP contribution in [0, 0.1) is 13.8 Å². The van der Waals surface area contributed by atoms with Gasteiger partial charge in [-0.25, -0.2) is 0 Å². The Morgan fingerprint density at radius 2 is 1.88 bits per heavy atom. The smallest absolute Gasteiger partial charge is 0.234 e. The SMILES string of the molecule is Cc1ccc(C)c(NC(=S)N2CCCN(CC(=O)NC(C)(C)C)CC2)c1. The van der Waals surface area contributed by atoms with E-state index in [1.807, 2.05) is 20.8 Å². The fourth-order valence-electron chi connectivity index (χ4n) is 3.06. The number of carbonyl (C=O) groups is 1. The highest BCUT2D eigenvalue weighted by Gasteiger charge is 2.21. The lowest BCUT2D eigenvalue weighted by molar-refractivity contribution is -0.123. The molecule has 0 bridgehead atoms. The highest BCUT2D eigenvalue weighted by Crippen LogP contribution is 2.17. The molecule has 2 rings (SSSR count). The molecular weight excluding hydrogens is 344 g/mol. The zero-order valence-electron chi connectivity index (χ0n) is 16.7. The number of aryl methyl sites for hydroxylation is 2. The fourth-order valence-corrected chi connectivity index (χ4v) is 3.35. The van der Waals surface area contributed by atoms with E-state index in [2.05, 4.69) is 52.5 Å². The lowest BCUT2D eigenvalue weighted by Gasteiger charge is -2.26. The summed E-state index contributed by atoms with van der Waals surface area (Å²) in [6.45, 7) is 14.1. The van der Waals surface area contributed by atoms with Crippen molar-refractivity contribution in [1.82, 2.24) is 15.1 Å².